The van der Waals surface area contributed by atoms with E-state index in [1.54, 1.807) is 0 Å². The predicted octanol–water partition coefficient (Wildman–Crippen LogP) is 2.93. The first kappa shape index (κ1) is 15.3. The summed E-state index contributed by atoms with van der Waals surface area (Å²) < 4.78 is 5.84. The van der Waals surface area contributed by atoms with E-state index in [4.69, 9.17) is 10.5 Å². The number of hydrogen-bond acceptors (Lipinski definition) is 3. The highest BCUT2D eigenvalue weighted by molar-refractivity contribution is 4.87. The molecule has 0 amide bonds. The van der Waals surface area contributed by atoms with Gasteiger partial charge in [0.1, 0.15) is 0 Å². The molecule has 1 saturated carbocycles. The van der Waals surface area contributed by atoms with Crippen LogP contribution in [0.1, 0.15) is 65.2 Å². The Hall–Kier alpha value is -0.120. The van der Waals surface area contributed by atoms with E-state index in [0.717, 1.165) is 25.1 Å². The first-order valence-electron chi connectivity index (χ1n) is 8.37. The van der Waals surface area contributed by atoms with Crippen molar-refractivity contribution in [3.05, 3.63) is 0 Å². The molecule has 3 nitrogen and oxygen atoms in total. The van der Waals surface area contributed by atoms with Gasteiger partial charge in [-0.05, 0) is 57.9 Å². The Bertz CT molecular complexity index is 251. The number of nitrogens with two attached hydrogens (primary N) is 1. The Labute approximate surface area is 118 Å². The van der Waals surface area contributed by atoms with Gasteiger partial charge in [-0.1, -0.05) is 13.8 Å². The van der Waals surface area contributed by atoms with Gasteiger partial charge in [0.2, 0.25) is 0 Å². The van der Waals surface area contributed by atoms with Crippen LogP contribution in [0.15, 0.2) is 0 Å². The smallest absolute Gasteiger partial charge is 0.0587 e. The average Bonchev–Trinajstić information content (AvgIpc) is 2.46. The molecule has 0 aromatic rings. The van der Waals surface area contributed by atoms with E-state index in [2.05, 4.69) is 18.7 Å². The zero-order valence-electron chi connectivity index (χ0n) is 12.8. The summed E-state index contributed by atoms with van der Waals surface area (Å²) in [6.45, 7) is 6.76. The van der Waals surface area contributed by atoms with Crippen LogP contribution in [0.4, 0.5) is 0 Å². The van der Waals surface area contributed by atoms with Crippen molar-refractivity contribution in [2.24, 2.45) is 5.73 Å². The molecular formula is C16H32N2O. The fourth-order valence-corrected chi connectivity index (χ4v) is 3.80. The highest BCUT2D eigenvalue weighted by atomic mass is 16.5. The summed E-state index contributed by atoms with van der Waals surface area (Å²) in [6.07, 6.45) is 10.4. The second-order valence-electron chi connectivity index (χ2n) is 6.39. The quantitative estimate of drug-likeness (QED) is 0.833. The summed E-state index contributed by atoms with van der Waals surface area (Å²) >= 11 is 0. The van der Waals surface area contributed by atoms with Gasteiger partial charge < -0.3 is 10.5 Å². The minimum absolute atomic E-state index is 0.456. The lowest BCUT2D eigenvalue weighted by Gasteiger charge is -2.44. The van der Waals surface area contributed by atoms with Crippen LogP contribution in [-0.4, -0.2) is 42.3 Å². The molecule has 2 atom stereocenters. The minimum atomic E-state index is 0.456. The van der Waals surface area contributed by atoms with E-state index < -0.39 is 0 Å². The average molecular weight is 268 g/mol. The molecule has 2 N–H and O–H groups in total. The topological polar surface area (TPSA) is 38.5 Å². The number of nitrogens with zero attached hydrogens (tertiary/aromatic N) is 1. The molecule has 3 heteroatoms. The molecule has 112 valence electrons. The van der Waals surface area contributed by atoms with Crippen molar-refractivity contribution in [1.29, 1.82) is 0 Å². The van der Waals surface area contributed by atoms with Gasteiger partial charge in [0.15, 0.2) is 0 Å². The number of ether oxygens (including phenoxy) is 1. The highest BCUT2D eigenvalue weighted by Gasteiger charge is 2.32. The number of rotatable bonds is 5. The molecule has 19 heavy (non-hydrogen) atoms. The molecule has 0 spiro atoms. The molecular weight excluding hydrogens is 236 g/mol. The Morgan fingerprint density at radius 2 is 1.79 bits per heavy atom. The maximum atomic E-state index is 6.05. The van der Waals surface area contributed by atoms with Crippen molar-refractivity contribution < 1.29 is 4.74 Å². The van der Waals surface area contributed by atoms with Crippen LogP contribution in [0.25, 0.3) is 0 Å². The number of hydrogen-bond donors (Lipinski definition) is 1. The Morgan fingerprint density at radius 3 is 2.42 bits per heavy atom. The Kier molecular flexibility index (Phi) is 6.11. The molecule has 1 aliphatic carbocycles. The molecule has 0 radical (unpaired) electrons. The van der Waals surface area contributed by atoms with Crippen LogP contribution < -0.4 is 5.73 Å². The van der Waals surface area contributed by atoms with Crippen molar-refractivity contribution in [2.45, 2.75) is 89.4 Å². The molecule has 0 aromatic heterocycles. The zero-order valence-corrected chi connectivity index (χ0v) is 12.8. The van der Waals surface area contributed by atoms with Crippen LogP contribution in [0, 0.1) is 0 Å². The molecule has 2 unspecified atom stereocenters. The van der Waals surface area contributed by atoms with E-state index in [1.807, 2.05) is 0 Å². The van der Waals surface area contributed by atoms with Crippen LogP contribution in [0.2, 0.25) is 0 Å². The monoisotopic (exact) mass is 268 g/mol. The summed E-state index contributed by atoms with van der Waals surface area (Å²) in [7, 11) is 0. The van der Waals surface area contributed by atoms with Gasteiger partial charge in [-0.15, -0.1) is 0 Å². The second-order valence-corrected chi connectivity index (χ2v) is 6.39. The fourth-order valence-electron chi connectivity index (χ4n) is 3.80. The maximum Gasteiger partial charge on any atom is 0.0587 e. The van der Waals surface area contributed by atoms with Crippen molar-refractivity contribution >= 4 is 0 Å². The lowest BCUT2D eigenvalue weighted by atomic mass is 9.88. The van der Waals surface area contributed by atoms with E-state index in [9.17, 15) is 0 Å². The summed E-state index contributed by atoms with van der Waals surface area (Å²) in [6, 6.07) is 1.98. The van der Waals surface area contributed by atoms with Crippen LogP contribution in [0.5, 0.6) is 0 Å². The SMILES string of the molecule is CCCN(C1CCC(N)CC1)C1CCOC(CC)C1. The molecule has 2 fully saturated rings. The third-order valence-corrected chi connectivity index (χ3v) is 4.96. The highest BCUT2D eigenvalue weighted by Crippen LogP contribution is 2.29. The van der Waals surface area contributed by atoms with E-state index in [-0.39, 0.29) is 0 Å². The fraction of sp³-hybridized carbons (Fsp3) is 1.00. The van der Waals surface area contributed by atoms with E-state index in [0.29, 0.717) is 12.1 Å². The van der Waals surface area contributed by atoms with Crippen molar-refractivity contribution in [3.63, 3.8) is 0 Å². The Morgan fingerprint density at radius 1 is 1.05 bits per heavy atom. The Balaban J connectivity index is 1.94. The van der Waals surface area contributed by atoms with E-state index >= 15 is 0 Å². The van der Waals surface area contributed by atoms with Gasteiger partial charge in [0.05, 0.1) is 6.10 Å². The lowest BCUT2D eigenvalue weighted by molar-refractivity contribution is -0.0421. The zero-order chi connectivity index (χ0) is 13.7. The maximum absolute atomic E-state index is 6.05. The molecule has 0 aromatic carbocycles. The summed E-state index contributed by atoms with van der Waals surface area (Å²) in [5, 5.41) is 0. The van der Waals surface area contributed by atoms with E-state index in [1.165, 1.54) is 51.5 Å². The second kappa shape index (κ2) is 7.61. The lowest BCUT2D eigenvalue weighted by Crippen LogP contribution is -2.49. The van der Waals surface area contributed by atoms with Crippen molar-refractivity contribution in [2.75, 3.05) is 13.2 Å². The van der Waals surface area contributed by atoms with Gasteiger partial charge in [0.25, 0.3) is 0 Å². The molecule has 2 rings (SSSR count). The summed E-state index contributed by atoms with van der Waals surface area (Å²) in [4.78, 5) is 2.80. The van der Waals surface area contributed by atoms with Gasteiger partial charge in [0, 0.05) is 24.7 Å². The molecule has 0 bridgehead atoms. The molecule has 1 heterocycles. The third-order valence-electron chi connectivity index (χ3n) is 4.96. The van der Waals surface area contributed by atoms with Gasteiger partial charge in [-0.25, -0.2) is 0 Å². The minimum Gasteiger partial charge on any atom is -0.378 e. The van der Waals surface area contributed by atoms with Crippen LogP contribution in [-0.2, 0) is 4.74 Å². The largest absolute Gasteiger partial charge is 0.378 e. The van der Waals surface area contributed by atoms with Crippen LogP contribution >= 0.6 is 0 Å². The van der Waals surface area contributed by atoms with Crippen LogP contribution in [0.3, 0.4) is 0 Å². The summed E-state index contributed by atoms with van der Waals surface area (Å²) in [5.74, 6) is 0. The summed E-state index contributed by atoms with van der Waals surface area (Å²) in [5.41, 5.74) is 6.05. The van der Waals surface area contributed by atoms with Crippen molar-refractivity contribution in [1.82, 2.24) is 4.90 Å². The van der Waals surface area contributed by atoms with Gasteiger partial charge in [-0.2, -0.15) is 0 Å². The van der Waals surface area contributed by atoms with Crippen molar-refractivity contribution in [3.8, 4) is 0 Å². The van der Waals surface area contributed by atoms with Gasteiger partial charge in [-0.3, -0.25) is 4.90 Å². The third kappa shape index (κ3) is 4.17. The molecule has 2 aliphatic rings. The molecule has 1 aliphatic heterocycles. The first-order valence-corrected chi connectivity index (χ1v) is 8.37. The normalized spacial score (nSPS) is 36.6. The first-order chi connectivity index (χ1) is 9.24. The van der Waals surface area contributed by atoms with Gasteiger partial charge >= 0.3 is 0 Å². The predicted molar refractivity (Wildman–Crippen MR) is 80.3 cm³/mol. The standard InChI is InChI=1S/C16H32N2O/c1-3-10-18(14-7-5-13(17)6-8-14)15-9-11-19-16(4-2)12-15/h13-16H,3-12,17H2,1-2H3. The molecule has 1 saturated heterocycles.